The number of aliphatic hydroxyl groups is 6. The molecule has 0 saturated carbocycles. The van der Waals surface area contributed by atoms with E-state index in [9.17, 15) is 0 Å². The van der Waals surface area contributed by atoms with E-state index in [2.05, 4.69) is 6.92 Å². The van der Waals surface area contributed by atoms with Crippen LogP contribution in [0.15, 0.2) is 0 Å². The molecule has 0 bridgehead atoms. The predicted molar refractivity (Wildman–Crippen MR) is 144 cm³/mol. The molecule has 0 radical (unpaired) electrons. The van der Waals surface area contributed by atoms with Crippen LogP contribution in [0.1, 0.15) is 40.0 Å². The molecule has 3 rings (SSSR count). The van der Waals surface area contributed by atoms with Crippen molar-refractivity contribution >= 4 is 0 Å². The fourth-order valence-corrected chi connectivity index (χ4v) is 2.20. The van der Waals surface area contributed by atoms with Crippen molar-refractivity contribution in [2.24, 2.45) is 0 Å². The van der Waals surface area contributed by atoms with Crippen molar-refractivity contribution in [1.82, 2.24) is 0 Å². The lowest BCUT2D eigenvalue weighted by molar-refractivity contribution is -0.0149. The Kier molecular flexibility index (Phi) is 31.7. The molecule has 3 saturated heterocycles. The average Bonchev–Trinajstić information content (AvgIpc) is 3.79. The summed E-state index contributed by atoms with van der Waals surface area (Å²) >= 11 is 0. The minimum Gasteiger partial charge on any atom is -0.396 e. The largest absolute Gasteiger partial charge is 0.396 e. The highest BCUT2D eigenvalue weighted by molar-refractivity contribution is 4.68. The third kappa shape index (κ3) is 35.5. The van der Waals surface area contributed by atoms with Crippen molar-refractivity contribution < 1.29 is 63.8 Å². The zero-order chi connectivity index (χ0) is 28.3. The smallest absolute Gasteiger partial charge is 0.104 e. The van der Waals surface area contributed by atoms with Crippen LogP contribution in [-0.4, -0.2) is 160 Å². The Morgan fingerprint density at radius 1 is 0.615 bits per heavy atom. The third-order valence-electron chi connectivity index (χ3n) is 4.78. The lowest BCUT2D eigenvalue weighted by atomic mass is 10.4. The maximum atomic E-state index is 8.90. The predicted octanol–water partition coefficient (Wildman–Crippen LogP) is -0.884. The third-order valence-corrected chi connectivity index (χ3v) is 4.78. The second-order valence-corrected chi connectivity index (χ2v) is 8.75. The van der Waals surface area contributed by atoms with E-state index in [1.54, 1.807) is 0 Å². The molecule has 5 unspecified atom stereocenters. The van der Waals surface area contributed by atoms with Crippen LogP contribution in [0, 0.1) is 0 Å². The summed E-state index contributed by atoms with van der Waals surface area (Å²) in [7, 11) is 0. The first-order valence-electron chi connectivity index (χ1n) is 13.5. The van der Waals surface area contributed by atoms with Crippen molar-refractivity contribution in [2.75, 3.05) is 99.1 Å². The maximum Gasteiger partial charge on any atom is 0.104 e. The molecule has 0 aromatic carbocycles. The Morgan fingerprint density at radius 2 is 0.974 bits per heavy atom. The number of hydrogen-bond acceptors (Lipinski definition) is 13. The molecule has 3 aliphatic heterocycles. The molecular formula is C26H56O13. The number of rotatable bonds is 21. The summed E-state index contributed by atoms with van der Waals surface area (Å²) in [6, 6.07) is 0. The van der Waals surface area contributed by atoms with Crippen LogP contribution in [0.4, 0.5) is 0 Å². The van der Waals surface area contributed by atoms with Gasteiger partial charge in [-0.05, 0) is 25.7 Å². The Labute approximate surface area is 233 Å². The van der Waals surface area contributed by atoms with Crippen molar-refractivity contribution in [1.29, 1.82) is 0 Å². The standard InChI is InChI=1S/C9H20O6.C9H16O4.C4H8O.C3H8O2.CH4/c10-4-8(12)6-14-2-1-3-15-7-9(13)5-11;1(2-10-4-8-6-12-8)3-11-5-9-7-13-9;1-2-4-3-5-4;4-2-1-3-5;/h8-13H,1-7H2;8-9H,1-7H2;4H,2-3H2,1H3;4-5H,1-3H2;1H4. The van der Waals surface area contributed by atoms with E-state index in [0.717, 1.165) is 52.7 Å². The molecule has 0 aromatic rings. The second kappa shape index (κ2) is 30.4. The molecule has 0 aliphatic carbocycles. The molecule has 13 nitrogen and oxygen atoms in total. The molecule has 0 amide bonds. The summed E-state index contributed by atoms with van der Waals surface area (Å²) in [5, 5.41) is 50.5. The van der Waals surface area contributed by atoms with Gasteiger partial charge in [0, 0.05) is 39.6 Å². The molecule has 3 aliphatic rings. The number of ether oxygens (including phenoxy) is 7. The van der Waals surface area contributed by atoms with Crippen molar-refractivity contribution in [3.8, 4) is 0 Å². The maximum absolute atomic E-state index is 8.90. The number of hydrogen-bond donors (Lipinski definition) is 6. The van der Waals surface area contributed by atoms with Gasteiger partial charge in [0.15, 0.2) is 0 Å². The van der Waals surface area contributed by atoms with Crippen molar-refractivity contribution in [2.45, 2.75) is 70.6 Å². The Morgan fingerprint density at radius 3 is 1.21 bits per heavy atom. The topological polar surface area (TPSA) is 196 Å². The van der Waals surface area contributed by atoms with Gasteiger partial charge in [0.25, 0.3) is 0 Å². The number of aliphatic hydroxyl groups excluding tert-OH is 6. The molecule has 238 valence electrons. The zero-order valence-corrected chi connectivity index (χ0v) is 22.9. The van der Waals surface area contributed by atoms with Gasteiger partial charge in [0.2, 0.25) is 0 Å². The molecule has 6 N–H and O–H groups in total. The Bertz CT molecular complexity index is 431. The molecular weight excluding hydrogens is 520 g/mol. The van der Waals surface area contributed by atoms with Gasteiger partial charge in [-0.25, -0.2) is 0 Å². The summed E-state index contributed by atoms with van der Waals surface area (Å²) in [5.74, 6) is 0. The van der Waals surface area contributed by atoms with Gasteiger partial charge in [-0.1, -0.05) is 14.4 Å². The average molecular weight is 577 g/mol. The summed E-state index contributed by atoms with van der Waals surface area (Å²) in [4.78, 5) is 0. The summed E-state index contributed by atoms with van der Waals surface area (Å²) in [6.45, 7) is 8.54. The highest BCUT2D eigenvalue weighted by Crippen LogP contribution is 2.11. The van der Waals surface area contributed by atoms with Crippen molar-refractivity contribution in [3.63, 3.8) is 0 Å². The van der Waals surface area contributed by atoms with Crippen LogP contribution in [0.25, 0.3) is 0 Å². The van der Waals surface area contributed by atoms with Gasteiger partial charge in [-0.3, -0.25) is 0 Å². The fourth-order valence-electron chi connectivity index (χ4n) is 2.20. The fraction of sp³-hybridized carbons (Fsp3) is 1.00. The summed E-state index contributed by atoms with van der Waals surface area (Å²) < 4.78 is 35.6. The van der Waals surface area contributed by atoms with Gasteiger partial charge in [0.05, 0.1) is 65.6 Å². The molecule has 39 heavy (non-hydrogen) atoms. The first-order valence-corrected chi connectivity index (χ1v) is 13.5. The normalized spacial score (nSPS) is 21.5. The minimum absolute atomic E-state index is 0. The van der Waals surface area contributed by atoms with Crippen LogP contribution < -0.4 is 0 Å². The highest BCUT2D eigenvalue weighted by atomic mass is 16.6. The van der Waals surface area contributed by atoms with Crippen LogP contribution in [-0.2, 0) is 33.2 Å². The van der Waals surface area contributed by atoms with Crippen LogP contribution in [0.3, 0.4) is 0 Å². The first-order chi connectivity index (χ1) is 18.5. The Hall–Kier alpha value is -0.520. The molecule has 3 heterocycles. The van der Waals surface area contributed by atoms with E-state index in [-0.39, 0.29) is 47.1 Å². The Balaban J connectivity index is 0. The van der Waals surface area contributed by atoms with E-state index in [0.29, 0.717) is 44.4 Å². The van der Waals surface area contributed by atoms with E-state index >= 15 is 0 Å². The molecule has 0 aromatic heterocycles. The van der Waals surface area contributed by atoms with Gasteiger partial charge in [0.1, 0.15) is 24.4 Å². The van der Waals surface area contributed by atoms with E-state index < -0.39 is 12.2 Å². The van der Waals surface area contributed by atoms with Gasteiger partial charge >= 0.3 is 0 Å². The summed E-state index contributed by atoms with van der Waals surface area (Å²) in [6.07, 6.45) is 3.01. The highest BCUT2D eigenvalue weighted by Gasteiger charge is 2.23. The van der Waals surface area contributed by atoms with Gasteiger partial charge in [-0.2, -0.15) is 0 Å². The van der Waals surface area contributed by atoms with Crippen molar-refractivity contribution in [3.05, 3.63) is 0 Å². The van der Waals surface area contributed by atoms with E-state index in [1.807, 2.05) is 0 Å². The van der Waals surface area contributed by atoms with Crippen LogP contribution >= 0.6 is 0 Å². The first kappa shape index (κ1) is 40.6. The molecule has 0 spiro atoms. The molecule has 13 heteroatoms. The lowest BCUT2D eigenvalue weighted by Gasteiger charge is -2.09. The van der Waals surface area contributed by atoms with E-state index in [4.69, 9.17) is 63.8 Å². The van der Waals surface area contributed by atoms with Gasteiger partial charge < -0.3 is 63.8 Å². The van der Waals surface area contributed by atoms with Crippen LogP contribution in [0.2, 0.25) is 0 Å². The SMILES string of the molecule is C.C(COCC1CO1)COCC1CO1.CCC1CO1.OCC(O)COCCCOCC(O)CO.OCCCO. The molecule has 5 atom stereocenters. The second-order valence-electron chi connectivity index (χ2n) is 8.75. The van der Waals surface area contributed by atoms with Gasteiger partial charge in [-0.15, -0.1) is 0 Å². The zero-order valence-electron chi connectivity index (χ0n) is 22.9. The summed E-state index contributed by atoms with van der Waals surface area (Å²) in [5.41, 5.74) is 0. The van der Waals surface area contributed by atoms with Crippen LogP contribution in [0.5, 0.6) is 0 Å². The number of epoxide rings is 3. The lowest BCUT2D eigenvalue weighted by Crippen LogP contribution is -2.21. The molecule has 3 fully saturated rings. The quantitative estimate of drug-likeness (QED) is 0.0728. The van der Waals surface area contributed by atoms with E-state index in [1.165, 1.54) is 6.42 Å². The minimum atomic E-state index is -0.831. The monoisotopic (exact) mass is 576 g/mol.